The first-order chi connectivity index (χ1) is 13.8. The maximum atomic E-state index is 12.4. The fraction of sp³-hybridized carbons (Fsp3) is 0.150. The van der Waals surface area contributed by atoms with Crippen LogP contribution in [0.15, 0.2) is 42.0 Å². The van der Waals surface area contributed by atoms with Gasteiger partial charge in [0.15, 0.2) is 18.1 Å². The van der Waals surface area contributed by atoms with E-state index in [1.54, 1.807) is 37.3 Å². The van der Waals surface area contributed by atoms with Gasteiger partial charge < -0.3 is 20.5 Å². The lowest BCUT2D eigenvalue weighted by Gasteiger charge is -2.13. The second kappa shape index (κ2) is 10.4. The molecule has 7 nitrogen and oxygen atoms in total. The zero-order valence-electron chi connectivity index (χ0n) is 15.4. The highest BCUT2D eigenvalue weighted by Crippen LogP contribution is 2.37. The minimum absolute atomic E-state index is 0.138. The number of primary amides is 1. The van der Waals surface area contributed by atoms with Gasteiger partial charge in [-0.1, -0.05) is 23.2 Å². The number of anilines is 1. The predicted octanol–water partition coefficient (Wildman–Crippen LogP) is 3.80. The largest absolute Gasteiger partial charge is 0.490 e. The second-order valence-corrected chi connectivity index (χ2v) is 6.49. The van der Waals surface area contributed by atoms with Crippen LogP contribution in [0.3, 0.4) is 0 Å². The number of ether oxygens (including phenoxy) is 2. The summed E-state index contributed by atoms with van der Waals surface area (Å²) >= 11 is 12.0. The maximum Gasteiger partial charge on any atom is 0.266 e. The Labute approximate surface area is 177 Å². The van der Waals surface area contributed by atoms with Gasteiger partial charge in [-0.2, -0.15) is 5.26 Å². The number of carbonyl (C=O) groups is 2. The van der Waals surface area contributed by atoms with Crippen LogP contribution >= 0.6 is 23.2 Å². The lowest BCUT2D eigenvalue weighted by atomic mass is 10.1. The Morgan fingerprint density at radius 2 is 1.90 bits per heavy atom. The fourth-order valence-corrected chi connectivity index (χ4v) is 2.66. The summed E-state index contributed by atoms with van der Waals surface area (Å²) in [7, 11) is 0. The molecule has 2 amide bonds. The standard InChI is InChI=1S/C20H17Cl2N3O4/c1-2-28-17-9-12(8-16(22)19(17)29-11-18(24)26)7-13(10-23)20(27)25-15-5-3-14(21)4-6-15/h3-9H,2,11H2,1H3,(H2,24,26)(H,25,27)/b13-7+. The summed E-state index contributed by atoms with van der Waals surface area (Å²) in [4.78, 5) is 23.4. The van der Waals surface area contributed by atoms with Gasteiger partial charge in [0.2, 0.25) is 0 Å². The number of hydrogen-bond donors (Lipinski definition) is 2. The molecule has 29 heavy (non-hydrogen) atoms. The number of hydrogen-bond acceptors (Lipinski definition) is 5. The lowest BCUT2D eigenvalue weighted by molar-refractivity contribution is -0.120. The van der Waals surface area contributed by atoms with Crippen LogP contribution in [-0.4, -0.2) is 25.0 Å². The Morgan fingerprint density at radius 1 is 1.21 bits per heavy atom. The molecule has 0 atom stereocenters. The van der Waals surface area contributed by atoms with Gasteiger partial charge in [-0.25, -0.2) is 0 Å². The highest BCUT2D eigenvalue weighted by molar-refractivity contribution is 6.32. The van der Waals surface area contributed by atoms with E-state index in [2.05, 4.69) is 5.32 Å². The van der Waals surface area contributed by atoms with Crippen molar-refractivity contribution in [3.63, 3.8) is 0 Å². The number of rotatable bonds is 8. The van der Waals surface area contributed by atoms with E-state index in [0.717, 1.165) is 0 Å². The highest BCUT2D eigenvalue weighted by atomic mass is 35.5. The summed E-state index contributed by atoms with van der Waals surface area (Å²) in [6.45, 7) is 1.69. The number of carbonyl (C=O) groups excluding carboxylic acids is 2. The van der Waals surface area contributed by atoms with Crippen LogP contribution in [0.25, 0.3) is 6.08 Å². The molecule has 0 heterocycles. The van der Waals surface area contributed by atoms with Gasteiger partial charge in [-0.15, -0.1) is 0 Å². The monoisotopic (exact) mass is 433 g/mol. The molecule has 0 spiro atoms. The molecule has 0 saturated carbocycles. The van der Waals surface area contributed by atoms with E-state index in [9.17, 15) is 14.9 Å². The summed E-state index contributed by atoms with van der Waals surface area (Å²) in [5.74, 6) is -0.868. The smallest absolute Gasteiger partial charge is 0.266 e. The molecule has 0 radical (unpaired) electrons. The van der Waals surface area contributed by atoms with Crippen molar-refractivity contribution in [3.05, 3.63) is 57.6 Å². The third-order valence-corrected chi connectivity index (χ3v) is 4.00. The van der Waals surface area contributed by atoms with Crippen LogP contribution in [0.5, 0.6) is 11.5 Å². The van der Waals surface area contributed by atoms with E-state index in [1.807, 2.05) is 6.07 Å². The van der Waals surface area contributed by atoms with Crippen molar-refractivity contribution in [2.75, 3.05) is 18.5 Å². The first-order valence-electron chi connectivity index (χ1n) is 8.40. The number of halogens is 2. The molecular formula is C20H17Cl2N3O4. The molecule has 0 fully saturated rings. The molecule has 9 heteroatoms. The SMILES string of the molecule is CCOc1cc(/C=C(\C#N)C(=O)Nc2ccc(Cl)cc2)cc(Cl)c1OCC(N)=O. The Kier molecular flexibility index (Phi) is 7.89. The number of nitrogens with one attached hydrogen (secondary N) is 1. The van der Waals surface area contributed by atoms with E-state index in [0.29, 0.717) is 22.9 Å². The summed E-state index contributed by atoms with van der Waals surface area (Å²) in [5, 5.41) is 12.7. The van der Waals surface area contributed by atoms with E-state index < -0.39 is 11.8 Å². The summed E-state index contributed by atoms with van der Waals surface area (Å²) in [6.07, 6.45) is 1.36. The van der Waals surface area contributed by atoms with E-state index in [1.165, 1.54) is 12.1 Å². The molecule has 2 aromatic carbocycles. The van der Waals surface area contributed by atoms with Gasteiger partial charge >= 0.3 is 0 Å². The number of nitrogens with zero attached hydrogens (tertiary/aromatic N) is 1. The molecule has 150 valence electrons. The normalized spacial score (nSPS) is 10.8. The third kappa shape index (κ3) is 6.42. The van der Waals surface area contributed by atoms with E-state index in [4.69, 9.17) is 38.4 Å². The van der Waals surface area contributed by atoms with Crippen molar-refractivity contribution in [2.45, 2.75) is 6.92 Å². The minimum atomic E-state index is -0.668. The summed E-state index contributed by atoms with van der Waals surface area (Å²) < 4.78 is 10.8. The fourth-order valence-electron chi connectivity index (χ4n) is 2.26. The zero-order valence-corrected chi connectivity index (χ0v) is 16.9. The van der Waals surface area contributed by atoms with Gasteiger partial charge in [-0.05, 0) is 55.0 Å². The number of nitriles is 1. The Morgan fingerprint density at radius 3 is 2.48 bits per heavy atom. The van der Waals surface area contributed by atoms with Crippen molar-refractivity contribution in [1.29, 1.82) is 5.26 Å². The molecule has 0 aliphatic heterocycles. The van der Waals surface area contributed by atoms with Gasteiger partial charge in [0.25, 0.3) is 11.8 Å². The first-order valence-corrected chi connectivity index (χ1v) is 9.15. The Balaban J connectivity index is 2.31. The second-order valence-electron chi connectivity index (χ2n) is 5.65. The van der Waals surface area contributed by atoms with Crippen LogP contribution in [0.4, 0.5) is 5.69 Å². The summed E-state index contributed by atoms with van der Waals surface area (Å²) in [5.41, 5.74) is 5.87. The van der Waals surface area contributed by atoms with Crippen molar-refractivity contribution in [2.24, 2.45) is 5.73 Å². The molecule has 2 aromatic rings. The van der Waals surface area contributed by atoms with Gasteiger partial charge in [0.1, 0.15) is 11.6 Å². The molecule has 0 aliphatic carbocycles. The molecule has 0 bridgehead atoms. The minimum Gasteiger partial charge on any atom is -0.490 e. The van der Waals surface area contributed by atoms with Crippen molar-refractivity contribution in [1.82, 2.24) is 0 Å². The van der Waals surface area contributed by atoms with Gasteiger partial charge in [0.05, 0.1) is 11.6 Å². The van der Waals surface area contributed by atoms with Crippen molar-refractivity contribution in [3.8, 4) is 17.6 Å². The first kappa shape index (κ1) is 22.1. The number of amides is 2. The average Bonchev–Trinajstić information content (AvgIpc) is 2.67. The molecule has 0 aliphatic rings. The molecule has 0 unspecified atom stereocenters. The van der Waals surface area contributed by atoms with E-state index in [-0.39, 0.29) is 28.7 Å². The third-order valence-electron chi connectivity index (χ3n) is 3.47. The van der Waals surface area contributed by atoms with Crippen molar-refractivity contribution >= 4 is 46.8 Å². The number of benzene rings is 2. The Hall–Kier alpha value is -3.21. The van der Waals surface area contributed by atoms with Crippen molar-refractivity contribution < 1.29 is 19.1 Å². The highest BCUT2D eigenvalue weighted by Gasteiger charge is 2.15. The lowest BCUT2D eigenvalue weighted by Crippen LogP contribution is -2.20. The van der Waals surface area contributed by atoms with Crippen LogP contribution in [-0.2, 0) is 9.59 Å². The van der Waals surface area contributed by atoms with Crippen LogP contribution in [0, 0.1) is 11.3 Å². The van der Waals surface area contributed by atoms with Gasteiger partial charge in [-0.3, -0.25) is 9.59 Å². The summed E-state index contributed by atoms with van der Waals surface area (Å²) in [6, 6.07) is 11.3. The maximum absolute atomic E-state index is 12.4. The van der Waals surface area contributed by atoms with Gasteiger partial charge in [0, 0.05) is 10.7 Å². The van der Waals surface area contributed by atoms with Crippen LogP contribution in [0.1, 0.15) is 12.5 Å². The predicted molar refractivity (Wildman–Crippen MR) is 111 cm³/mol. The van der Waals surface area contributed by atoms with E-state index >= 15 is 0 Å². The molecule has 0 aromatic heterocycles. The molecule has 3 N–H and O–H groups in total. The quantitative estimate of drug-likeness (QED) is 0.485. The molecule has 2 rings (SSSR count). The van der Waals surface area contributed by atoms with Crippen LogP contribution in [0.2, 0.25) is 10.0 Å². The Bertz CT molecular complexity index is 982. The topological polar surface area (TPSA) is 114 Å². The zero-order chi connectivity index (χ0) is 21.4. The average molecular weight is 434 g/mol. The van der Waals surface area contributed by atoms with Crippen LogP contribution < -0.4 is 20.5 Å². The number of nitrogens with two attached hydrogens (primary N) is 1. The molecular weight excluding hydrogens is 417 g/mol. The molecule has 0 saturated heterocycles.